The molecule has 0 saturated heterocycles. The summed E-state index contributed by atoms with van der Waals surface area (Å²) in [7, 11) is 0. The van der Waals surface area contributed by atoms with Crippen molar-refractivity contribution in [2.75, 3.05) is 11.5 Å². The van der Waals surface area contributed by atoms with Crippen molar-refractivity contribution >= 4 is 34.9 Å². The lowest BCUT2D eigenvalue weighted by Crippen LogP contribution is -2.09. The second-order valence-corrected chi connectivity index (χ2v) is 4.82. The third-order valence-corrected chi connectivity index (χ3v) is 3.25. The number of benzene rings is 1. The third kappa shape index (κ3) is 2.74. The zero-order valence-electron chi connectivity index (χ0n) is 8.91. The van der Waals surface area contributed by atoms with Gasteiger partial charge in [0.1, 0.15) is 11.6 Å². The Balaban J connectivity index is 2.39. The van der Waals surface area contributed by atoms with Gasteiger partial charge in [0.2, 0.25) is 0 Å². The van der Waals surface area contributed by atoms with Crippen LogP contribution in [0.3, 0.4) is 0 Å². The van der Waals surface area contributed by atoms with Crippen LogP contribution in [0.4, 0.5) is 15.9 Å². The first kappa shape index (κ1) is 12.7. The van der Waals surface area contributed by atoms with Crippen LogP contribution >= 0.6 is 23.4 Å². The van der Waals surface area contributed by atoms with E-state index in [1.54, 1.807) is 0 Å². The Morgan fingerprint density at radius 1 is 1.33 bits per heavy atom. The van der Waals surface area contributed by atoms with Crippen LogP contribution in [0.1, 0.15) is 0 Å². The van der Waals surface area contributed by atoms with Crippen molar-refractivity contribution in [1.29, 1.82) is 0 Å². The summed E-state index contributed by atoms with van der Waals surface area (Å²) < 4.78 is 13.1. The monoisotopic (exact) mass is 286 g/mol. The van der Waals surface area contributed by atoms with E-state index in [9.17, 15) is 9.18 Å². The van der Waals surface area contributed by atoms with Gasteiger partial charge in [-0.3, -0.25) is 4.79 Å². The van der Waals surface area contributed by atoms with Crippen LogP contribution in [0.2, 0.25) is 5.02 Å². The van der Waals surface area contributed by atoms with Gasteiger partial charge in [0.15, 0.2) is 5.16 Å². The summed E-state index contributed by atoms with van der Waals surface area (Å²) >= 11 is 6.70. The second kappa shape index (κ2) is 4.87. The number of H-pyrrole nitrogens is 1. The SMILES string of the molecule is Nc1cc(=O)[nH]c(Sc2cc(Cl)c(F)cc2N)n1. The van der Waals surface area contributed by atoms with Crippen molar-refractivity contribution in [1.82, 2.24) is 9.97 Å². The Morgan fingerprint density at radius 3 is 2.72 bits per heavy atom. The first-order valence-corrected chi connectivity index (χ1v) is 5.94. The highest BCUT2D eigenvalue weighted by Gasteiger charge is 2.09. The Bertz CT molecular complexity index is 661. The first-order valence-electron chi connectivity index (χ1n) is 4.75. The molecule has 5 N–H and O–H groups in total. The molecule has 0 atom stereocenters. The Hall–Kier alpha value is -1.73. The number of nitrogens with one attached hydrogen (secondary N) is 1. The van der Waals surface area contributed by atoms with E-state index in [2.05, 4.69) is 9.97 Å². The number of halogens is 2. The molecule has 94 valence electrons. The quantitative estimate of drug-likeness (QED) is 0.578. The number of nitrogens with zero attached hydrogens (tertiary/aromatic N) is 1. The lowest BCUT2D eigenvalue weighted by atomic mass is 10.3. The van der Waals surface area contributed by atoms with E-state index in [0.717, 1.165) is 23.9 Å². The number of hydrogen-bond acceptors (Lipinski definition) is 5. The molecule has 1 aromatic carbocycles. The zero-order chi connectivity index (χ0) is 13.3. The molecule has 0 spiro atoms. The predicted molar refractivity (Wildman–Crippen MR) is 69.2 cm³/mol. The lowest BCUT2D eigenvalue weighted by molar-refractivity contribution is 0.628. The topological polar surface area (TPSA) is 97.8 Å². The van der Waals surface area contributed by atoms with Gasteiger partial charge < -0.3 is 16.5 Å². The van der Waals surface area contributed by atoms with Gasteiger partial charge in [0, 0.05) is 16.6 Å². The fourth-order valence-corrected chi connectivity index (χ4v) is 2.33. The van der Waals surface area contributed by atoms with Crippen LogP contribution in [0.25, 0.3) is 0 Å². The highest BCUT2D eigenvalue weighted by Crippen LogP contribution is 2.33. The van der Waals surface area contributed by atoms with E-state index in [1.807, 2.05) is 0 Å². The second-order valence-electron chi connectivity index (χ2n) is 3.38. The molecule has 0 amide bonds. The molecule has 0 aliphatic carbocycles. The molecule has 1 heterocycles. The van der Waals surface area contributed by atoms with Crippen LogP contribution in [-0.2, 0) is 0 Å². The van der Waals surface area contributed by atoms with Crippen LogP contribution in [-0.4, -0.2) is 9.97 Å². The number of aromatic nitrogens is 2. The molecule has 8 heteroatoms. The maximum Gasteiger partial charge on any atom is 0.253 e. The molecule has 18 heavy (non-hydrogen) atoms. The van der Waals surface area contributed by atoms with Gasteiger partial charge in [-0.05, 0) is 23.9 Å². The fraction of sp³-hybridized carbons (Fsp3) is 0. The van der Waals surface area contributed by atoms with Crippen molar-refractivity contribution in [2.24, 2.45) is 0 Å². The van der Waals surface area contributed by atoms with Crippen LogP contribution in [0.5, 0.6) is 0 Å². The molecular weight excluding hydrogens is 279 g/mol. The summed E-state index contributed by atoms with van der Waals surface area (Å²) in [6.07, 6.45) is 0. The van der Waals surface area contributed by atoms with Gasteiger partial charge >= 0.3 is 0 Å². The largest absolute Gasteiger partial charge is 0.398 e. The van der Waals surface area contributed by atoms with Crippen molar-refractivity contribution in [3.8, 4) is 0 Å². The molecule has 0 aliphatic heterocycles. The van der Waals surface area contributed by atoms with Crippen LogP contribution < -0.4 is 17.0 Å². The van der Waals surface area contributed by atoms with Gasteiger partial charge in [0.25, 0.3) is 5.56 Å². The van der Waals surface area contributed by atoms with E-state index in [1.165, 1.54) is 6.07 Å². The van der Waals surface area contributed by atoms with Gasteiger partial charge in [-0.1, -0.05) is 11.6 Å². The van der Waals surface area contributed by atoms with Gasteiger partial charge in [-0.25, -0.2) is 9.37 Å². The van der Waals surface area contributed by atoms with E-state index in [4.69, 9.17) is 23.1 Å². The number of anilines is 2. The van der Waals surface area contributed by atoms with Gasteiger partial charge in [0.05, 0.1) is 5.02 Å². The third-order valence-electron chi connectivity index (χ3n) is 2.00. The normalized spacial score (nSPS) is 10.6. The average molecular weight is 287 g/mol. The number of nitrogens with two attached hydrogens (primary N) is 2. The number of hydrogen-bond donors (Lipinski definition) is 3. The summed E-state index contributed by atoms with van der Waals surface area (Å²) in [5.74, 6) is -0.513. The zero-order valence-corrected chi connectivity index (χ0v) is 10.5. The maximum atomic E-state index is 13.1. The van der Waals surface area contributed by atoms with Crippen molar-refractivity contribution in [3.63, 3.8) is 0 Å². The molecular formula is C10H8ClFN4OS. The van der Waals surface area contributed by atoms with Crippen molar-refractivity contribution < 1.29 is 4.39 Å². The van der Waals surface area contributed by atoms with Gasteiger partial charge in [-0.15, -0.1) is 0 Å². The molecule has 0 saturated carbocycles. The maximum absolute atomic E-state index is 13.1. The summed E-state index contributed by atoms with van der Waals surface area (Å²) in [6.45, 7) is 0. The summed E-state index contributed by atoms with van der Waals surface area (Å²) in [5.41, 5.74) is 10.9. The number of rotatable bonds is 2. The van der Waals surface area contributed by atoms with Crippen molar-refractivity contribution in [3.05, 3.63) is 39.4 Å². The molecule has 0 aliphatic rings. The number of nitrogen functional groups attached to an aromatic ring is 2. The van der Waals surface area contributed by atoms with Crippen molar-refractivity contribution in [2.45, 2.75) is 10.1 Å². The Morgan fingerprint density at radius 2 is 2.06 bits per heavy atom. The number of aromatic amines is 1. The lowest BCUT2D eigenvalue weighted by Gasteiger charge is -2.06. The van der Waals surface area contributed by atoms with E-state index in [-0.39, 0.29) is 27.2 Å². The first-order chi connectivity index (χ1) is 8.45. The standard InChI is InChI=1S/C10H8ClFN4OS/c11-4-1-7(6(13)2-5(4)12)18-10-15-8(14)3-9(17)16-10/h1-3H,13H2,(H3,14,15,16,17). The van der Waals surface area contributed by atoms with Crippen LogP contribution in [0, 0.1) is 5.82 Å². The molecule has 1 aromatic heterocycles. The molecule has 0 radical (unpaired) electrons. The Labute approximate surface area is 110 Å². The molecule has 2 rings (SSSR count). The summed E-state index contributed by atoms with van der Waals surface area (Å²) in [6, 6.07) is 3.63. The highest BCUT2D eigenvalue weighted by molar-refractivity contribution is 7.99. The van der Waals surface area contributed by atoms with Crippen LogP contribution in [0.15, 0.2) is 33.0 Å². The van der Waals surface area contributed by atoms with Gasteiger partial charge in [-0.2, -0.15) is 0 Å². The van der Waals surface area contributed by atoms with E-state index < -0.39 is 5.82 Å². The molecule has 2 aromatic rings. The van der Waals surface area contributed by atoms with E-state index in [0.29, 0.717) is 4.90 Å². The molecule has 0 unspecified atom stereocenters. The summed E-state index contributed by atoms with van der Waals surface area (Å²) in [5, 5.41) is 0.201. The predicted octanol–water partition coefficient (Wildman–Crippen LogP) is 1.88. The highest BCUT2D eigenvalue weighted by atomic mass is 35.5. The minimum Gasteiger partial charge on any atom is -0.398 e. The Kier molecular flexibility index (Phi) is 3.44. The minimum atomic E-state index is -0.604. The molecule has 0 fully saturated rings. The average Bonchev–Trinajstić information content (AvgIpc) is 2.24. The summed E-state index contributed by atoms with van der Waals surface area (Å²) in [4.78, 5) is 18.1. The minimum absolute atomic E-state index is 0.0575. The van der Waals surface area contributed by atoms with E-state index >= 15 is 0 Å². The fourth-order valence-electron chi connectivity index (χ4n) is 1.24. The smallest absolute Gasteiger partial charge is 0.253 e. The molecule has 0 bridgehead atoms. The molecule has 5 nitrogen and oxygen atoms in total.